The van der Waals surface area contributed by atoms with Gasteiger partial charge in [-0.2, -0.15) is 0 Å². The van der Waals surface area contributed by atoms with Crippen molar-refractivity contribution in [1.29, 1.82) is 0 Å². The maximum Gasteiger partial charge on any atom is 0.281 e. The number of hydroxylamine groups is 2. The number of rotatable bonds is 5. The SMILES string of the molecule is O=C=C1CCCCN1OCc1c([N+](=O)[O-])cccc1[N+](=O)[O-]. The summed E-state index contributed by atoms with van der Waals surface area (Å²) in [4.78, 5) is 36.8. The Balaban J connectivity index is 2.26. The second-order valence-corrected chi connectivity index (χ2v) is 4.67. The molecule has 0 unspecified atom stereocenters. The van der Waals surface area contributed by atoms with Crippen LogP contribution >= 0.6 is 0 Å². The Labute approximate surface area is 125 Å². The molecule has 9 nitrogen and oxygen atoms in total. The molecule has 0 atom stereocenters. The molecule has 1 saturated heterocycles. The lowest BCUT2D eigenvalue weighted by Crippen LogP contribution is -2.28. The fourth-order valence-corrected chi connectivity index (χ4v) is 2.25. The van der Waals surface area contributed by atoms with Crippen LogP contribution < -0.4 is 0 Å². The van der Waals surface area contributed by atoms with Gasteiger partial charge in [-0.25, -0.2) is 9.86 Å². The van der Waals surface area contributed by atoms with Crippen LogP contribution in [0.2, 0.25) is 0 Å². The molecule has 1 aliphatic rings. The highest BCUT2D eigenvalue weighted by Crippen LogP contribution is 2.30. The Morgan fingerprint density at radius 3 is 2.36 bits per heavy atom. The molecule has 2 rings (SSSR count). The summed E-state index contributed by atoms with van der Waals surface area (Å²) in [6, 6.07) is 3.61. The van der Waals surface area contributed by atoms with Crippen LogP contribution in [0.25, 0.3) is 0 Å². The molecule has 0 bridgehead atoms. The summed E-state index contributed by atoms with van der Waals surface area (Å²) < 4.78 is 0. The van der Waals surface area contributed by atoms with E-state index in [2.05, 4.69) is 0 Å². The summed E-state index contributed by atoms with van der Waals surface area (Å²) in [7, 11) is 0. The van der Waals surface area contributed by atoms with Crippen LogP contribution in [-0.4, -0.2) is 27.4 Å². The maximum atomic E-state index is 11.0. The third-order valence-corrected chi connectivity index (χ3v) is 3.33. The molecule has 1 aliphatic heterocycles. The molecule has 0 aromatic heterocycles. The van der Waals surface area contributed by atoms with Gasteiger partial charge in [0.05, 0.1) is 9.85 Å². The van der Waals surface area contributed by atoms with Crippen LogP contribution in [0.1, 0.15) is 24.8 Å². The third kappa shape index (κ3) is 3.27. The molecule has 0 radical (unpaired) electrons. The van der Waals surface area contributed by atoms with Crippen molar-refractivity contribution in [2.45, 2.75) is 25.9 Å². The molecule has 0 spiro atoms. The van der Waals surface area contributed by atoms with Gasteiger partial charge in [0.2, 0.25) is 0 Å². The van der Waals surface area contributed by atoms with Crippen molar-refractivity contribution < 1.29 is 19.5 Å². The monoisotopic (exact) mass is 307 g/mol. The molecule has 1 aromatic rings. The van der Waals surface area contributed by atoms with Crippen LogP contribution in [0.4, 0.5) is 11.4 Å². The molecule has 0 saturated carbocycles. The fourth-order valence-electron chi connectivity index (χ4n) is 2.25. The highest BCUT2D eigenvalue weighted by molar-refractivity contribution is 5.53. The Morgan fingerprint density at radius 1 is 1.18 bits per heavy atom. The molecule has 22 heavy (non-hydrogen) atoms. The van der Waals surface area contributed by atoms with E-state index in [0.717, 1.165) is 12.8 Å². The molecule has 0 amide bonds. The molecule has 1 aromatic carbocycles. The first kappa shape index (κ1) is 15.6. The minimum atomic E-state index is -0.696. The van der Waals surface area contributed by atoms with Crippen molar-refractivity contribution in [3.05, 3.63) is 49.7 Å². The van der Waals surface area contributed by atoms with Crippen molar-refractivity contribution in [1.82, 2.24) is 5.06 Å². The lowest BCUT2D eigenvalue weighted by atomic mass is 10.1. The van der Waals surface area contributed by atoms with Gasteiger partial charge in [0, 0.05) is 25.1 Å². The molecule has 116 valence electrons. The standard InChI is InChI=1S/C13H13N3O6/c17-8-10-4-1-2-7-14(10)22-9-11-12(15(18)19)5-3-6-13(11)16(20)21/h3,5-6H,1-2,4,7,9H2. The number of allylic oxidation sites excluding steroid dienone is 1. The summed E-state index contributed by atoms with van der Waals surface area (Å²) in [5.41, 5.74) is -0.591. The average molecular weight is 307 g/mol. The number of hydrogen-bond donors (Lipinski definition) is 0. The van der Waals surface area contributed by atoms with Crippen LogP contribution in [0.3, 0.4) is 0 Å². The van der Waals surface area contributed by atoms with E-state index in [0.29, 0.717) is 18.7 Å². The first-order valence-electron chi connectivity index (χ1n) is 6.59. The molecule has 9 heteroatoms. The maximum absolute atomic E-state index is 11.0. The van der Waals surface area contributed by atoms with Gasteiger partial charge in [0.1, 0.15) is 23.8 Å². The topological polar surface area (TPSA) is 116 Å². The zero-order valence-corrected chi connectivity index (χ0v) is 11.6. The number of hydrogen-bond acceptors (Lipinski definition) is 7. The van der Waals surface area contributed by atoms with E-state index in [-0.39, 0.29) is 23.5 Å². The second-order valence-electron chi connectivity index (χ2n) is 4.67. The van der Waals surface area contributed by atoms with E-state index in [4.69, 9.17) is 4.84 Å². The van der Waals surface area contributed by atoms with Crippen LogP contribution in [0, 0.1) is 20.2 Å². The van der Waals surface area contributed by atoms with E-state index in [1.807, 2.05) is 0 Å². The number of nitro benzene ring substituents is 2. The molecular formula is C13H13N3O6. The van der Waals surface area contributed by atoms with E-state index in [1.165, 1.54) is 23.3 Å². The Kier molecular flexibility index (Phi) is 4.82. The first-order chi connectivity index (χ1) is 10.5. The highest BCUT2D eigenvalue weighted by Gasteiger charge is 2.26. The third-order valence-electron chi connectivity index (χ3n) is 3.33. The van der Waals surface area contributed by atoms with Crippen LogP contribution in [0.5, 0.6) is 0 Å². The van der Waals surface area contributed by atoms with Gasteiger partial charge >= 0.3 is 0 Å². The number of carbonyl (C=O) groups excluding carboxylic acids is 1. The quantitative estimate of drug-likeness (QED) is 0.464. The normalized spacial score (nSPS) is 14.5. The Bertz CT molecular complexity index is 621. The highest BCUT2D eigenvalue weighted by atomic mass is 16.7. The van der Waals surface area contributed by atoms with Crippen LogP contribution in [0.15, 0.2) is 23.9 Å². The van der Waals surface area contributed by atoms with Crippen molar-refractivity contribution in [2.75, 3.05) is 6.54 Å². The van der Waals surface area contributed by atoms with Gasteiger partial charge in [-0.15, -0.1) is 0 Å². The summed E-state index contributed by atoms with van der Waals surface area (Å²) in [6.07, 6.45) is 2.13. The van der Waals surface area contributed by atoms with Crippen LogP contribution in [-0.2, 0) is 16.2 Å². The zero-order valence-electron chi connectivity index (χ0n) is 11.6. The molecular weight excluding hydrogens is 294 g/mol. The molecule has 0 N–H and O–H groups in total. The number of nitrogens with zero attached hydrogens (tertiary/aromatic N) is 3. The molecule has 1 heterocycles. The lowest BCUT2D eigenvalue weighted by Gasteiger charge is -2.27. The van der Waals surface area contributed by atoms with Crippen molar-refractivity contribution in [3.8, 4) is 0 Å². The van der Waals surface area contributed by atoms with E-state index in [9.17, 15) is 25.0 Å². The van der Waals surface area contributed by atoms with Gasteiger partial charge in [-0.3, -0.25) is 25.1 Å². The van der Waals surface area contributed by atoms with Gasteiger partial charge in [0.15, 0.2) is 0 Å². The summed E-state index contributed by atoms with van der Waals surface area (Å²) in [6.45, 7) is 0.0810. The van der Waals surface area contributed by atoms with Gasteiger partial charge < -0.3 is 0 Å². The minimum Gasteiger partial charge on any atom is -0.268 e. The Morgan fingerprint density at radius 2 is 1.82 bits per heavy atom. The second kappa shape index (κ2) is 6.79. The smallest absolute Gasteiger partial charge is 0.268 e. The number of benzene rings is 1. The van der Waals surface area contributed by atoms with E-state index < -0.39 is 9.85 Å². The van der Waals surface area contributed by atoms with Gasteiger partial charge in [-0.05, 0) is 18.9 Å². The summed E-state index contributed by atoms with van der Waals surface area (Å²) in [5, 5.41) is 23.3. The number of nitro groups is 2. The van der Waals surface area contributed by atoms with Gasteiger partial charge in [0.25, 0.3) is 11.4 Å². The predicted octanol–water partition coefficient (Wildman–Crippen LogP) is 2.14. The minimum absolute atomic E-state index is 0.131. The van der Waals surface area contributed by atoms with E-state index >= 15 is 0 Å². The number of piperidine rings is 1. The van der Waals surface area contributed by atoms with Crippen molar-refractivity contribution in [2.24, 2.45) is 0 Å². The van der Waals surface area contributed by atoms with Gasteiger partial charge in [-0.1, -0.05) is 0 Å². The van der Waals surface area contributed by atoms with Crippen molar-refractivity contribution >= 4 is 17.3 Å². The lowest BCUT2D eigenvalue weighted by molar-refractivity contribution is -0.396. The van der Waals surface area contributed by atoms with Crippen molar-refractivity contribution in [3.63, 3.8) is 0 Å². The predicted molar refractivity (Wildman–Crippen MR) is 74.3 cm³/mol. The molecule has 0 aliphatic carbocycles. The fraction of sp³-hybridized carbons (Fsp3) is 0.385. The average Bonchev–Trinajstić information content (AvgIpc) is 2.52. The largest absolute Gasteiger partial charge is 0.281 e. The molecule has 1 fully saturated rings. The first-order valence-corrected chi connectivity index (χ1v) is 6.59. The Hall–Kier alpha value is -2.77. The van der Waals surface area contributed by atoms with E-state index in [1.54, 1.807) is 5.94 Å². The summed E-state index contributed by atoms with van der Waals surface area (Å²) >= 11 is 0. The summed E-state index contributed by atoms with van der Waals surface area (Å²) in [5.74, 6) is 1.76. The zero-order chi connectivity index (χ0) is 16.1.